The third-order valence-corrected chi connectivity index (χ3v) is 7.21. The smallest absolute Gasteiger partial charge is 0.290 e. The summed E-state index contributed by atoms with van der Waals surface area (Å²) < 4.78 is 13.9. The van der Waals surface area contributed by atoms with Crippen molar-refractivity contribution in [2.24, 2.45) is 0 Å². The van der Waals surface area contributed by atoms with E-state index in [1.165, 1.54) is 6.07 Å². The Balaban J connectivity index is 1.15. The van der Waals surface area contributed by atoms with Gasteiger partial charge in [-0.25, -0.2) is 14.4 Å². The molecule has 184 valence electrons. The number of anilines is 1. The molecule has 2 fully saturated rings. The van der Waals surface area contributed by atoms with Gasteiger partial charge in [0.15, 0.2) is 0 Å². The molecule has 9 heteroatoms. The normalized spacial score (nSPS) is 21.0. The summed E-state index contributed by atoms with van der Waals surface area (Å²) >= 11 is 0.869. The molecule has 2 amide bonds. The quantitative estimate of drug-likeness (QED) is 0.385. The fraction of sp³-hybridized carbons (Fsp3) is 0.259. The number of hydrogen-bond acceptors (Lipinski definition) is 7. The van der Waals surface area contributed by atoms with Crippen molar-refractivity contribution in [3.8, 4) is 11.1 Å². The van der Waals surface area contributed by atoms with Gasteiger partial charge in [0.05, 0.1) is 10.6 Å². The van der Waals surface area contributed by atoms with Crippen LogP contribution in [-0.4, -0.2) is 33.2 Å². The number of benzene rings is 2. The highest BCUT2D eigenvalue weighted by Gasteiger charge is 2.25. The van der Waals surface area contributed by atoms with Gasteiger partial charge in [-0.1, -0.05) is 36.4 Å². The Morgan fingerprint density at radius 2 is 1.81 bits per heavy atom. The predicted octanol–water partition coefficient (Wildman–Crippen LogP) is 5.12. The molecule has 0 unspecified atom stereocenters. The van der Waals surface area contributed by atoms with Crippen LogP contribution in [0.2, 0.25) is 0 Å². The topological polar surface area (TPSA) is 96.0 Å². The largest absolute Gasteiger partial charge is 0.351 e. The van der Waals surface area contributed by atoms with Crippen molar-refractivity contribution in [2.75, 3.05) is 5.32 Å². The monoisotopic (exact) mass is 503 g/mol. The van der Waals surface area contributed by atoms with Crippen LogP contribution in [0.25, 0.3) is 17.2 Å². The molecule has 1 aromatic heterocycles. The molecule has 1 saturated heterocycles. The molecule has 1 saturated carbocycles. The number of amides is 2. The number of carbonyl (C=O) groups excluding carboxylic acids is 2. The maximum atomic E-state index is 13.9. The average Bonchev–Trinajstić information content (AvgIpc) is 3.21. The summed E-state index contributed by atoms with van der Waals surface area (Å²) in [5.41, 5.74) is 3.59. The molecule has 1 aliphatic heterocycles. The van der Waals surface area contributed by atoms with Crippen molar-refractivity contribution in [2.45, 2.75) is 44.3 Å². The van der Waals surface area contributed by atoms with Gasteiger partial charge in [0, 0.05) is 24.8 Å². The number of nitrogens with one attached hydrogen (secondary N) is 3. The first-order valence-electron chi connectivity index (χ1n) is 12.0. The van der Waals surface area contributed by atoms with Gasteiger partial charge < -0.3 is 10.6 Å². The molecule has 0 spiro atoms. The number of thioether (sulfide) groups is 1. The van der Waals surface area contributed by atoms with Crippen LogP contribution in [0, 0.1) is 5.82 Å². The number of imide groups is 1. The van der Waals surface area contributed by atoms with Crippen LogP contribution in [0.5, 0.6) is 0 Å². The summed E-state index contributed by atoms with van der Waals surface area (Å²) in [7, 11) is 0. The van der Waals surface area contributed by atoms with Crippen LogP contribution >= 0.6 is 11.8 Å². The van der Waals surface area contributed by atoms with E-state index in [9.17, 15) is 14.0 Å². The molecule has 1 aliphatic carbocycles. The van der Waals surface area contributed by atoms with Gasteiger partial charge in [-0.05, 0) is 78.4 Å². The molecule has 2 aromatic carbocycles. The third-order valence-electron chi connectivity index (χ3n) is 6.40. The summed E-state index contributed by atoms with van der Waals surface area (Å²) in [6.07, 6.45) is 7.17. The van der Waals surface area contributed by atoms with Gasteiger partial charge in [-0.3, -0.25) is 14.9 Å². The summed E-state index contributed by atoms with van der Waals surface area (Å²) in [5, 5.41) is 8.92. The molecule has 0 atom stereocenters. The zero-order valence-electron chi connectivity index (χ0n) is 19.5. The van der Waals surface area contributed by atoms with E-state index >= 15 is 0 Å². The van der Waals surface area contributed by atoms with Crippen LogP contribution in [0.15, 0.2) is 65.7 Å². The predicted molar refractivity (Wildman–Crippen MR) is 139 cm³/mol. The standard InChI is InChI=1S/C27H26FN5O2S/c28-19-7-6-18(23(14-19)17-4-2-1-3-5-17)16-30-20-8-10-21(11-9-20)31-26-29-13-12-22(32-26)15-24-25(34)33-27(35)36-24/h1-7,12-15,20-21,30H,8-11,16H2,(H,29,31,32)(H,33,34,35)/b24-15-/t20-,21-. The number of aromatic nitrogens is 2. The van der Waals surface area contributed by atoms with E-state index in [4.69, 9.17) is 0 Å². The minimum Gasteiger partial charge on any atom is -0.351 e. The first kappa shape index (κ1) is 24.1. The molecule has 5 rings (SSSR count). The Kier molecular flexibility index (Phi) is 7.39. The lowest BCUT2D eigenvalue weighted by molar-refractivity contribution is -0.115. The van der Waals surface area contributed by atoms with E-state index in [1.807, 2.05) is 36.4 Å². The van der Waals surface area contributed by atoms with Crippen molar-refractivity contribution in [3.63, 3.8) is 0 Å². The van der Waals surface area contributed by atoms with Crippen LogP contribution in [0.3, 0.4) is 0 Å². The van der Waals surface area contributed by atoms with Gasteiger partial charge in [-0.15, -0.1) is 0 Å². The molecule has 3 N–H and O–H groups in total. The van der Waals surface area contributed by atoms with E-state index in [2.05, 4.69) is 25.9 Å². The second kappa shape index (κ2) is 11.0. The van der Waals surface area contributed by atoms with Gasteiger partial charge in [0.25, 0.3) is 11.1 Å². The Hall–Kier alpha value is -3.56. The van der Waals surface area contributed by atoms with Crippen LogP contribution in [-0.2, 0) is 11.3 Å². The number of carbonyl (C=O) groups is 2. The van der Waals surface area contributed by atoms with Gasteiger partial charge >= 0.3 is 0 Å². The first-order valence-corrected chi connectivity index (χ1v) is 12.8. The van der Waals surface area contributed by atoms with Crippen molar-refractivity contribution in [3.05, 3.63) is 82.8 Å². The van der Waals surface area contributed by atoms with Crippen molar-refractivity contribution >= 4 is 34.9 Å². The molecular formula is C27H26FN5O2S. The van der Waals surface area contributed by atoms with E-state index in [-0.39, 0.29) is 17.1 Å². The highest BCUT2D eigenvalue weighted by Crippen LogP contribution is 2.27. The van der Waals surface area contributed by atoms with E-state index in [1.54, 1.807) is 24.4 Å². The highest BCUT2D eigenvalue weighted by atomic mass is 32.2. The molecule has 3 aromatic rings. The molecule has 7 nitrogen and oxygen atoms in total. The average molecular weight is 504 g/mol. The lowest BCUT2D eigenvalue weighted by Crippen LogP contribution is -2.37. The van der Waals surface area contributed by atoms with Crippen molar-refractivity contribution < 1.29 is 14.0 Å². The lowest BCUT2D eigenvalue weighted by atomic mass is 9.91. The molecule has 2 heterocycles. The Labute approximate surface area is 213 Å². The Morgan fingerprint density at radius 1 is 1.03 bits per heavy atom. The maximum absolute atomic E-state index is 13.9. The summed E-state index contributed by atoms with van der Waals surface area (Å²) in [6, 6.07) is 17.2. The van der Waals surface area contributed by atoms with E-state index in [0.29, 0.717) is 29.1 Å². The van der Waals surface area contributed by atoms with E-state index in [0.717, 1.165) is 54.1 Å². The molecule has 2 aliphatic rings. The minimum atomic E-state index is -0.402. The summed E-state index contributed by atoms with van der Waals surface area (Å²) in [5.74, 6) is -0.125. The molecule has 0 bridgehead atoms. The van der Waals surface area contributed by atoms with Crippen LogP contribution in [0.1, 0.15) is 36.9 Å². The summed E-state index contributed by atoms with van der Waals surface area (Å²) in [6.45, 7) is 0.682. The van der Waals surface area contributed by atoms with Gasteiger partial charge in [0.1, 0.15) is 5.82 Å². The second-order valence-corrected chi connectivity index (χ2v) is 9.91. The number of nitrogens with zero attached hydrogens (tertiary/aromatic N) is 2. The van der Waals surface area contributed by atoms with Crippen LogP contribution in [0.4, 0.5) is 15.1 Å². The SMILES string of the molecule is O=C1NC(=O)/C(=C/c2ccnc(N[C@H]3CC[C@H](NCc4ccc(F)cc4-c4ccccc4)CC3)n2)S1. The molecule has 0 radical (unpaired) electrons. The molecule has 36 heavy (non-hydrogen) atoms. The number of rotatable bonds is 7. The minimum absolute atomic E-state index is 0.231. The zero-order chi connectivity index (χ0) is 24.9. The maximum Gasteiger partial charge on any atom is 0.290 e. The Morgan fingerprint density at radius 3 is 2.56 bits per heavy atom. The second-order valence-electron chi connectivity index (χ2n) is 8.90. The highest BCUT2D eigenvalue weighted by molar-refractivity contribution is 8.18. The summed E-state index contributed by atoms with van der Waals surface area (Å²) in [4.78, 5) is 32.2. The fourth-order valence-corrected chi connectivity index (χ4v) is 5.21. The van der Waals surface area contributed by atoms with Gasteiger partial charge in [0.2, 0.25) is 5.95 Å². The third kappa shape index (κ3) is 5.98. The fourth-order valence-electron chi connectivity index (χ4n) is 4.55. The van der Waals surface area contributed by atoms with Crippen molar-refractivity contribution in [1.29, 1.82) is 0 Å². The zero-order valence-corrected chi connectivity index (χ0v) is 20.4. The van der Waals surface area contributed by atoms with Crippen molar-refractivity contribution in [1.82, 2.24) is 20.6 Å². The molecular weight excluding hydrogens is 477 g/mol. The van der Waals surface area contributed by atoms with Crippen LogP contribution < -0.4 is 16.0 Å². The van der Waals surface area contributed by atoms with Gasteiger partial charge in [-0.2, -0.15) is 0 Å². The number of hydrogen-bond donors (Lipinski definition) is 3. The first-order chi connectivity index (χ1) is 17.5. The lowest BCUT2D eigenvalue weighted by Gasteiger charge is -2.30. The Bertz CT molecular complexity index is 1290. The van der Waals surface area contributed by atoms with E-state index < -0.39 is 5.91 Å². The number of halogens is 1.